The number of pyridine rings is 1. The molecule has 0 unspecified atom stereocenters. The van der Waals surface area contributed by atoms with Crippen LogP contribution in [0.25, 0.3) is 54.6 Å². The first kappa shape index (κ1) is 41.2. The van der Waals surface area contributed by atoms with E-state index in [-0.39, 0.29) is 28.0 Å². The molecule has 0 fully saturated rings. The number of nitriles is 2. The molecular weight excluding hydrogens is 737 g/mol. The Labute approximate surface area is 353 Å². The van der Waals surface area contributed by atoms with Crippen molar-refractivity contribution in [3.8, 4) is 17.9 Å². The number of fused-ring (bicyclic) bond motifs is 4. The van der Waals surface area contributed by atoms with Crippen molar-refractivity contribution in [2.45, 2.75) is 92.0 Å². The van der Waals surface area contributed by atoms with Crippen LogP contribution in [0.4, 0.5) is 0 Å². The van der Waals surface area contributed by atoms with Crippen LogP contribution in [0.5, 0.6) is 5.75 Å². The fraction of sp³-hybridized carbons (Fsp3) is 0.302. The number of aromatic nitrogens is 2. The maximum absolute atomic E-state index is 10.3. The number of allylic oxidation sites excluding steroid dienone is 10. The van der Waals surface area contributed by atoms with Gasteiger partial charge in [0, 0.05) is 39.9 Å². The third-order valence-electron chi connectivity index (χ3n) is 11.8. The number of phenolic OH excluding ortho intramolecular Hbond substituents is 1. The number of hydrogen-bond acceptors (Lipinski definition) is 4. The Hall–Kier alpha value is -6.93. The van der Waals surface area contributed by atoms with Crippen LogP contribution >= 0.6 is 0 Å². The van der Waals surface area contributed by atoms with E-state index in [4.69, 9.17) is 13.1 Å². The predicted molar refractivity (Wildman–Crippen MR) is 244 cm³/mol. The Bertz CT molecular complexity index is 2700. The number of aryl methyl sites for hydroxylation is 2. The summed E-state index contributed by atoms with van der Waals surface area (Å²) >= 11 is 0. The van der Waals surface area contributed by atoms with Gasteiger partial charge in [-0.1, -0.05) is 101 Å². The predicted octanol–water partition coefficient (Wildman–Crippen LogP) is 13.8. The topological polar surface area (TPSA) is 94.3 Å². The highest BCUT2D eigenvalue weighted by molar-refractivity contribution is 6.09. The second kappa shape index (κ2) is 17.5. The molecular formula is C53H50N6O. The zero-order chi connectivity index (χ0) is 42.4. The summed E-state index contributed by atoms with van der Waals surface area (Å²) in [7, 11) is 0. The van der Waals surface area contributed by atoms with E-state index in [1.807, 2.05) is 30.4 Å². The van der Waals surface area contributed by atoms with Crippen LogP contribution in [-0.4, -0.2) is 14.7 Å². The van der Waals surface area contributed by atoms with E-state index >= 15 is 0 Å². The van der Waals surface area contributed by atoms with E-state index in [2.05, 4.69) is 120 Å². The van der Waals surface area contributed by atoms with Crippen molar-refractivity contribution in [1.82, 2.24) is 9.55 Å². The zero-order valence-corrected chi connectivity index (χ0v) is 35.0. The lowest BCUT2D eigenvalue weighted by Crippen LogP contribution is -2.17. The first-order chi connectivity index (χ1) is 28.9. The summed E-state index contributed by atoms with van der Waals surface area (Å²) in [4.78, 5) is 11.4. The summed E-state index contributed by atoms with van der Waals surface area (Å²) < 4.78 is 2.46. The van der Waals surface area contributed by atoms with Gasteiger partial charge in [0.15, 0.2) is 0 Å². The Morgan fingerprint density at radius 2 is 1.27 bits per heavy atom. The third kappa shape index (κ3) is 9.18. The molecule has 298 valence electrons. The minimum Gasteiger partial charge on any atom is -0.506 e. The van der Waals surface area contributed by atoms with Gasteiger partial charge in [-0.25, -0.2) is 20.2 Å². The largest absolute Gasteiger partial charge is 0.506 e. The highest BCUT2D eigenvalue weighted by atomic mass is 16.3. The maximum Gasteiger partial charge on any atom is 0.265 e. The van der Waals surface area contributed by atoms with Crippen LogP contribution in [0.15, 0.2) is 125 Å². The molecule has 7 nitrogen and oxygen atoms in total. The molecule has 0 atom stereocenters. The summed E-state index contributed by atoms with van der Waals surface area (Å²) in [6.45, 7) is 24.7. The number of nitrogens with zero attached hydrogens (tertiary/aromatic N) is 6. The molecule has 2 aliphatic rings. The summed E-state index contributed by atoms with van der Waals surface area (Å²) in [5.41, 5.74) is 10.5. The smallest absolute Gasteiger partial charge is 0.265 e. The molecule has 5 aromatic rings. The first-order valence-corrected chi connectivity index (χ1v) is 20.8. The van der Waals surface area contributed by atoms with Crippen molar-refractivity contribution in [2.75, 3.05) is 0 Å². The molecule has 3 aromatic carbocycles. The molecule has 2 aliphatic carbocycles. The van der Waals surface area contributed by atoms with Gasteiger partial charge in [-0.3, -0.25) is 4.98 Å². The van der Waals surface area contributed by atoms with Crippen LogP contribution in [0.3, 0.4) is 0 Å². The van der Waals surface area contributed by atoms with Crippen molar-refractivity contribution in [3.63, 3.8) is 0 Å². The Kier molecular flexibility index (Phi) is 12.0. The highest BCUT2D eigenvalue weighted by Crippen LogP contribution is 2.41. The number of phenols is 1. The second-order valence-corrected chi connectivity index (χ2v) is 17.8. The maximum atomic E-state index is 10.3. The lowest BCUT2D eigenvalue weighted by Gasteiger charge is -2.30. The monoisotopic (exact) mass is 786 g/mol. The van der Waals surface area contributed by atoms with Gasteiger partial charge in [-0.15, -0.1) is 0 Å². The number of benzene rings is 3. The van der Waals surface area contributed by atoms with Crippen molar-refractivity contribution in [1.29, 1.82) is 10.5 Å². The second-order valence-electron chi connectivity index (χ2n) is 17.8. The molecule has 2 aromatic heterocycles. The molecule has 0 bridgehead atoms. The van der Waals surface area contributed by atoms with Crippen molar-refractivity contribution in [3.05, 3.63) is 164 Å². The van der Waals surface area contributed by atoms with Crippen LogP contribution in [-0.2, 0) is 13.0 Å². The quantitative estimate of drug-likeness (QED) is 0.0819. The summed E-state index contributed by atoms with van der Waals surface area (Å²) in [5.74, 6) is 0.223. The van der Waals surface area contributed by atoms with Crippen molar-refractivity contribution in [2.24, 2.45) is 10.8 Å². The molecule has 0 saturated heterocycles. The van der Waals surface area contributed by atoms with Gasteiger partial charge in [-0.2, -0.15) is 0 Å². The number of unbranched alkanes of at least 4 members (excludes halogenated alkanes) is 3. The van der Waals surface area contributed by atoms with E-state index in [0.29, 0.717) is 18.4 Å². The van der Waals surface area contributed by atoms with Gasteiger partial charge < -0.3 is 9.67 Å². The van der Waals surface area contributed by atoms with E-state index in [0.717, 1.165) is 90.3 Å². The van der Waals surface area contributed by atoms with Crippen molar-refractivity contribution < 1.29 is 5.11 Å². The normalized spacial score (nSPS) is 17.9. The SMILES string of the molecule is [C-]#[N+]/C(C#N)=C1C=C(/C=C/c2ccc3c(c2)c2cc(/C=C/C4=CC(=C(/C#N)[N+]#[C-])/CC(C)(C)C4)ccc2n3CCCCCCc2ccc(O)c3ncccc23)CC(C)(C)C\1. The molecule has 1 N–H and O–H groups in total. The number of aromatic hydroxyl groups is 1. The zero-order valence-electron chi connectivity index (χ0n) is 35.0. The Morgan fingerprint density at radius 1 is 0.717 bits per heavy atom. The summed E-state index contributed by atoms with van der Waals surface area (Å²) in [6, 6.07) is 25.3. The molecule has 7 heteroatoms. The highest BCUT2D eigenvalue weighted by Gasteiger charge is 2.27. The Balaban J connectivity index is 1.17. The molecule has 0 aliphatic heterocycles. The third-order valence-corrected chi connectivity index (χ3v) is 11.8. The average Bonchev–Trinajstić information content (AvgIpc) is 3.53. The molecule has 0 amide bonds. The lowest BCUT2D eigenvalue weighted by molar-refractivity contribution is 0.354. The van der Waals surface area contributed by atoms with Crippen LogP contribution in [0.2, 0.25) is 0 Å². The van der Waals surface area contributed by atoms with Crippen LogP contribution in [0, 0.1) is 46.6 Å². The molecule has 0 spiro atoms. The average molecular weight is 787 g/mol. The van der Waals surface area contributed by atoms with E-state index in [1.165, 1.54) is 27.4 Å². The van der Waals surface area contributed by atoms with Gasteiger partial charge in [-0.05, 0) is 131 Å². The Morgan fingerprint density at radius 3 is 1.80 bits per heavy atom. The van der Waals surface area contributed by atoms with E-state index in [1.54, 1.807) is 12.3 Å². The summed E-state index contributed by atoms with van der Waals surface area (Å²) in [6.07, 6.45) is 22.8. The first-order valence-electron chi connectivity index (χ1n) is 20.8. The molecule has 0 radical (unpaired) electrons. The minimum atomic E-state index is -0.0501. The molecule has 2 heterocycles. The standard InChI is InChI=1S/C53H50N6O/c1-52(2)30-38(26-41(32-52)46(34-54)56-5)16-14-36-18-21-48-44(28-36)45-29-37(15-17-39-27-42(47(35-55)57-6)33-53(3,4)31-39)19-22-49(45)59(48)25-10-8-7-9-12-40-20-23-50(60)51-43(40)13-11-24-58-51/h11,13-24,26-29,60H,7-10,12,25,30-33H2,1-4H3/b16-14+,17-15+,46-41+,47-42+. The minimum absolute atomic E-state index is 0.0501. The summed E-state index contributed by atoms with van der Waals surface area (Å²) in [5, 5.41) is 32.8. The van der Waals surface area contributed by atoms with E-state index < -0.39 is 0 Å². The molecule has 7 rings (SSSR count). The van der Waals surface area contributed by atoms with Gasteiger partial charge in [0.1, 0.15) is 11.3 Å². The van der Waals surface area contributed by atoms with Gasteiger partial charge >= 0.3 is 0 Å². The van der Waals surface area contributed by atoms with Gasteiger partial charge in [0.2, 0.25) is 0 Å². The van der Waals surface area contributed by atoms with Gasteiger partial charge in [0.05, 0.1) is 25.3 Å². The molecule has 0 saturated carbocycles. The molecule has 60 heavy (non-hydrogen) atoms. The number of rotatable bonds is 11. The number of hydrogen-bond donors (Lipinski definition) is 1. The van der Waals surface area contributed by atoms with Crippen LogP contribution in [0.1, 0.15) is 95.8 Å². The van der Waals surface area contributed by atoms with Gasteiger partial charge in [0.25, 0.3) is 11.4 Å². The fourth-order valence-electron chi connectivity index (χ4n) is 9.14. The fourth-order valence-corrected chi connectivity index (χ4v) is 9.14. The van der Waals surface area contributed by atoms with Crippen LogP contribution < -0.4 is 0 Å². The van der Waals surface area contributed by atoms with E-state index in [9.17, 15) is 15.6 Å². The van der Waals surface area contributed by atoms with Crippen molar-refractivity contribution >= 4 is 44.9 Å². The lowest BCUT2D eigenvalue weighted by atomic mass is 9.74.